The number of aromatic nitrogens is 6. The largest absolute Gasteiger partial charge is 0.481 e. The van der Waals surface area contributed by atoms with E-state index in [1.807, 2.05) is 26.2 Å². The summed E-state index contributed by atoms with van der Waals surface area (Å²) in [6, 6.07) is 17.0. The summed E-state index contributed by atoms with van der Waals surface area (Å²) in [5.74, 6) is 0.994. The van der Waals surface area contributed by atoms with Gasteiger partial charge in [-0.15, -0.1) is 5.10 Å². The molecule has 4 aromatic heterocycles. The van der Waals surface area contributed by atoms with Crippen molar-refractivity contribution in [1.29, 1.82) is 0 Å². The van der Waals surface area contributed by atoms with Crippen molar-refractivity contribution in [3.05, 3.63) is 66.0 Å². The van der Waals surface area contributed by atoms with Crippen LogP contribution in [0.5, 0.6) is 5.88 Å². The summed E-state index contributed by atoms with van der Waals surface area (Å²) in [6.07, 6.45) is 3.89. The normalized spacial score (nSPS) is 15.6. The molecule has 0 saturated carbocycles. The number of methoxy groups -OCH3 is 1. The lowest BCUT2D eigenvalue weighted by atomic mass is 9.86. The number of pyridine rings is 2. The van der Waals surface area contributed by atoms with Crippen molar-refractivity contribution in [3.8, 4) is 17.1 Å². The number of ether oxygens (including phenoxy) is 2. The summed E-state index contributed by atoms with van der Waals surface area (Å²) in [7, 11) is 3.57. The Morgan fingerprint density at radius 3 is 2.60 bits per heavy atom. The molecule has 0 radical (unpaired) electrons. The van der Waals surface area contributed by atoms with Crippen molar-refractivity contribution >= 4 is 22.1 Å². The van der Waals surface area contributed by atoms with Crippen LogP contribution in [0.3, 0.4) is 0 Å². The van der Waals surface area contributed by atoms with Gasteiger partial charge in [0.2, 0.25) is 5.88 Å². The van der Waals surface area contributed by atoms with E-state index >= 15 is 0 Å². The highest BCUT2D eigenvalue weighted by atomic mass is 16.5. The Balaban J connectivity index is 1.68. The maximum atomic E-state index is 5.74. The molecule has 178 valence electrons. The third-order valence-corrected chi connectivity index (χ3v) is 7.07. The zero-order valence-corrected chi connectivity index (χ0v) is 20.2. The molecule has 0 N–H and O–H groups in total. The Labute approximate surface area is 203 Å². The monoisotopic (exact) mass is 468 g/mol. The van der Waals surface area contributed by atoms with E-state index in [2.05, 4.69) is 57.3 Å². The fraction of sp³-hybridized carbons (Fsp3) is 0.333. The molecule has 0 amide bonds. The van der Waals surface area contributed by atoms with E-state index in [-0.39, 0.29) is 6.04 Å². The Morgan fingerprint density at radius 2 is 1.89 bits per heavy atom. The first-order valence-corrected chi connectivity index (χ1v) is 12.0. The minimum absolute atomic E-state index is 0.0857. The molecule has 1 unspecified atom stereocenters. The molecule has 1 atom stereocenters. The molecule has 0 bridgehead atoms. The molecule has 35 heavy (non-hydrogen) atoms. The van der Waals surface area contributed by atoms with Gasteiger partial charge >= 0.3 is 0 Å². The van der Waals surface area contributed by atoms with Gasteiger partial charge in [0.05, 0.1) is 35.6 Å². The zero-order valence-electron chi connectivity index (χ0n) is 20.2. The Bertz CT molecular complexity index is 1480. The van der Waals surface area contributed by atoms with Crippen LogP contribution in [0.15, 0.2) is 54.7 Å². The van der Waals surface area contributed by atoms with Crippen LogP contribution in [0.25, 0.3) is 33.3 Å². The van der Waals surface area contributed by atoms with Crippen molar-refractivity contribution in [2.75, 3.05) is 20.3 Å². The molecular formula is C27H28N6O2. The van der Waals surface area contributed by atoms with Gasteiger partial charge in [-0.25, -0.2) is 4.68 Å². The SMILES string of the molecule is COc1ccc2c3ncc(-c4c(C)nnn4C)cc3n(C(c3ccccc3)C3CCOCC3)c2n1. The fourth-order valence-corrected chi connectivity index (χ4v) is 5.45. The van der Waals surface area contributed by atoms with Crippen molar-refractivity contribution in [3.63, 3.8) is 0 Å². The smallest absolute Gasteiger partial charge is 0.214 e. The van der Waals surface area contributed by atoms with E-state index in [0.717, 1.165) is 65.1 Å². The van der Waals surface area contributed by atoms with E-state index in [1.54, 1.807) is 11.8 Å². The first kappa shape index (κ1) is 21.7. The zero-order chi connectivity index (χ0) is 23.9. The van der Waals surface area contributed by atoms with Crippen LogP contribution in [0, 0.1) is 12.8 Å². The van der Waals surface area contributed by atoms with Gasteiger partial charge in [-0.1, -0.05) is 35.5 Å². The van der Waals surface area contributed by atoms with E-state index in [0.29, 0.717) is 11.8 Å². The van der Waals surface area contributed by atoms with Crippen LogP contribution in [-0.4, -0.2) is 49.9 Å². The van der Waals surface area contributed by atoms with Crippen LogP contribution in [0.2, 0.25) is 0 Å². The quantitative estimate of drug-likeness (QED) is 0.372. The van der Waals surface area contributed by atoms with Crippen molar-refractivity contribution in [1.82, 2.24) is 29.5 Å². The molecule has 1 aliphatic rings. The Hall–Kier alpha value is -3.78. The average molecular weight is 469 g/mol. The van der Waals surface area contributed by atoms with Crippen LogP contribution >= 0.6 is 0 Å². The number of hydrogen-bond acceptors (Lipinski definition) is 6. The molecule has 8 nitrogen and oxygen atoms in total. The molecule has 5 heterocycles. The lowest BCUT2D eigenvalue weighted by molar-refractivity contribution is 0.0552. The highest BCUT2D eigenvalue weighted by Crippen LogP contribution is 2.41. The summed E-state index contributed by atoms with van der Waals surface area (Å²) in [4.78, 5) is 9.89. The number of hydrogen-bond donors (Lipinski definition) is 0. The lowest BCUT2D eigenvalue weighted by Gasteiger charge is -2.32. The molecule has 6 rings (SSSR count). The van der Waals surface area contributed by atoms with Crippen molar-refractivity contribution < 1.29 is 9.47 Å². The molecule has 5 aromatic rings. The molecule has 1 saturated heterocycles. The van der Waals surface area contributed by atoms with Gasteiger partial charge in [-0.3, -0.25) is 4.98 Å². The number of rotatable bonds is 5. The lowest BCUT2D eigenvalue weighted by Crippen LogP contribution is -2.27. The van der Waals surface area contributed by atoms with Crippen LogP contribution < -0.4 is 4.74 Å². The summed E-state index contributed by atoms with van der Waals surface area (Å²) < 4.78 is 15.4. The minimum atomic E-state index is 0.0857. The predicted octanol–water partition coefficient (Wildman–Crippen LogP) is 4.71. The second-order valence-corrected chi connectivity index (χ2v) is 9.14. The Morgan fingerprint density at radius 1 is 1.09 bits per heavy atom. The van der Waals surface area contributed by atoms with Gasteiger partial charge in [-0.2, -0.15) is 4.98 Å². The molecular weight excluding hydrogens is 440 g/mol. The third-order valence-electron chi connectivity index (χ3n) is 7.07. The summed E-state index contributed by atoms with van der Waals surface area (Å²) in [5.41, 5.74) is 6.93. The van der Waals surface area contributed by atoms with E-state index < -0.39 is 0 Å². The average Bonchev–Trinajstić information content (AvgIpc) is 3.41. The molecule has 0 spiro atoms. The minimum Gasteiger partial charge on any atom is -0.481 e. The van der Waals surface area contributed by atoms with Gasteiger partial charge in [0.15, 0.2) is 0 Å². The number of aryl methyl sites for hydroxylation is 2. The van der Waals surface area contributed by atoms with Gasteiger partial charge in [0.25, 0.3) is 0 Å². The van der Waals surface area contributed by atoms with Gasteiger partial charge < -0.3 is 14.0 Å². The maximum absolute atomic E-state index is 5.74. The van der Waals surface area contributed by atoms with E-state index in [9.17, 15) is 0 Å². The van der Waals surface area contributed by atoms with Crippen LogP contribution in [0.1, 0.15) is 30.1 Å². The summed E-state index contributed by atoms with van der Waals surface area (Å²) in [6.45, 7) is 3.51. The third kappa shape index (κ3) is 3.65. The number of fused-ring (bicyclic) bond motifs is 3. The summed E-state index contributed by atoms with van der Waals surface area (Å²) in [5, 5.41) is 9.47. The fourth-order valence-electron chi connectivity index (χ4n) is 5.45. The van der Waals surface area contributed by atoms with Crippen molar-refractivity contribution in [2.45, 2.75) is 25.8 Å². The first-order chi connectivity index (χ1) is 17.2. The van der Waals surface area contributed by atoms with Gasteiger partial charge in [0.1, 0.15) is 5.65 Å². The highest BCUT2D eigenvalue weighted by Gasteiger charge is 2.31. The second-order valence-electron chi connectivity index (χ2n) is 9.14. The van der Waals surface area contributed by atoms with Crippen LogP contribution in [-0.2, 0) is 11.8 Å². The molecule has 1 aliphatic heterocycles. The summed E-state index contributed by atoms with van der Waals surface area (Å²) >= 11 is 0. The highest BCUT2D eigenvalue weighted by molar-refractivity contribution is 6.05. The van der Waals surface area contributed by atoms with E-state index in [1.165, 1.54) is 5.56 Å². The predicted molar refractivity (Wildman–Crippen MR) is 134 cm³/mol. The van der Waals surface area contributed by atoms with Gasteiger partial charge in [0, 0.05) is 43.5 Å². The molecule has 0 aliphatic carbocycles. The topological polar surface area (TPSA) is 79.9 Å². The Kier molecular flexibility index (Phi) is 5.45. The second kappa shape index (κ2) is 8.78. The van der Waals surface area contributed by atoms with Crippen molar-refractivity contribution in [2.24, 2.45) is 13.0 Å². The first-order valence-electron chi connectivity index (χ1n) is 12.0. The van der Waals surface area contributed by atoms with Gasteiger partial charge in [-0.05, 0) is 43.4 Å². The number of nitrogens with zero attached hydrogens (tertiary/aromatic N) is 6. The molecule has 1 aromatic carbocycles. The maximum Gasteiger partial charge on any atom is 0.214 e. The van der Waals surface area contributed by atoms with Crippen LogP contribution in [0.4, 0.5) is 0 Å². The standard InChI is InChI=1S/C27H28N6O2/c1-17-25(32(2)31-30-17)20-15-22-24(28-16-20)21-9-10-23(34-3)29-27(21)33(22)26(18-7-5-4-6-8-18)19-11-13-35-14-12-19/h4-10,15-16,19,26H,11-14H2,1-3H3. The number of benzene rings is 1. The molecule has 1 fully saturated rings. The molecule has 8 heteroatoms. The van der Waals surface area contributed by atoms with E-state index in [4.69, 9.17) is 19.4 Å².